The molecule has 0 saturated heterocycles. The standard InChI is InChI=1S/C13H18N2O2/c1-17-13(16)10-3-2-4-11(12(10)14)15-8-7-9-5-6-9/h2-4,9,15H,5-8,14H2,1H3. The second-order valence-electron chi connectivity index (χ2n) is 4.42. The Hall–Kier alpha value is -1.71. The van der Waals surface area contributed by atoms with Crippen LogP contribution in [0.4, 0.5) is 11.4 Å². The van der Waals surface area contributed by atoms with Crippen molar-refractivity contribution in [2.24, 2.45) is 5.92 Å². The predicted molar refractivity (Wildman–Crippen MR) is 68.0 cm³/mol. The van der Waals surface area contributed by atoms with Gasteiger partial charge in [0.2, 0.25) is 0 Å². The van der Waals surface area contributed by atoms with E-state index in [2.05, 4.69) is 10.1 Å². The molecule has 92 valence electrons. The van der Waals surface area contributed by atoms with Gasteiger partial charge in [-0.05, 0) is 24.5 Å². The molecule has 2 rings (SSSR count). The van der Waals surface area contributed by atoms with Crippen molar-refractivity contribution in [2.45, 2.75) is 19.3 Å². The molecule has 4 nitrogen and oxygen atoms in total. The van der Waals surface area contributed by atoms with Crippen molar-refractivity contribution < 1.29 is 9.53 Å². The SMILES string of the molecule is COC(=O)c1cccc(NCCC2CC2)c1N. The van der Waals surface area contributed by atoms with E-state index >= 15 is 0 Å². The highest BCUT2D eigenvalue weighted by atomic mass is 16.5. The van der Waals surface area contributed by atoms with Crippen LogP contribution in [0.1, 0.15) is 29.6 Å². The van der Waals surface area contributed by atoms with E-state index in [1.54, 1.807) is 6.07 Å². The third-order valence-electron chi connectivity index (χ3n) is 3.08. The lowest BCUT2D eigenvalue weighted by atomic mass is 10.1. The molecule has 0 aromatic heterocycles. The van der Waals surface area contributed by atoms with E-state index in [9.17, 15) is 4.79 Å². The number of anilines is 2. The minimum atomic E-state index is -0.395. The highest BCUT2D eigenvalue weighted by molar-refractivity contribution is 5.98. The first-order valence-corrected chi connectivity index (χ1v) is 5.93. The maximum atomic E-state index is 11.4. The Labute approximate surface area is 101 Å². The molecule has 1 aromatic rings. The van der Waals surface area contributed by atoms with Gasteiger partial charge in [-0.15, -0.1) is 0 Å². The zero-order valence-electron chi connectivity index (χ0n) is 10.0. The van der Waals surface area contributed by atoms with Gasteiger partial charge in [-0.2, -0.15) is 0 Å². The maximum absolute atomic E-state index is 11.4. The van der Waals surface area contributed by atoms with E-state index in [1.165, 1.54) is 26.4 Å². The number of benzene rings is 1. The Morgan fingerprint density at radius 3 is 2.94 bits per heavy atom. The van der Waals surface area contributed by atoms with Crippen LogP contribution in [0.5, 0.6) is 0 Å². The second-order valence-corrected chi connectivity index (χ2v) is 4.42. The van der Waals surface area contributed by atoms with Crippen molar-refractivity contribution in [3.63, 3.8) is 0 Å². The minimum Gasteiger partial charge on any atom is -0.465 e. The van der Waals surface area contributed by atoms with Crippen molar-refractivity contribution >= 4 is 17.3 Å². The highest BCUT2D eigenvalue weighted by Crippen LogP contribution is 2.32. The smallest absolute Gasteiger partial charge is 0.340 e. The summed E-state index contributed by atoms with van der Waals surface area (Å²) < 4.78 is 4.68. The molecule has 3 N–H and O–H groups in total. The van der Waals surface area contributed by atoms with Gasteiger partial charge < -0.3 is 15.8 Å². The Bertz CT molecular complexity index is 414. The topological polar surface area (TPSA) is 64.3 Å². The molecule has 1 aliphatic rings. The van der Waals surface area contributed by atoms with Crippen molar-refractivity contribution in [1.82, 2.24) is 0 Å². The summed E-state index contributed by atoms with van der Waals surface area (Å²) in [4.78, 5) is 11.4. The number of esters is 1. The highest BCUT2D eigenvalue weighted by Gasteiger charge is 2.20. The summed E-state index contributed by atoms with van der Waals surface area (Å²) in [6.07, 6.45) is 3.86. The van der Waals surface area contributed by atoms with Gasteiger partial charge in [0.25, 0.3) is 0 Å². The predicted octanol–water partition coefficient (Wildman–Crippen LogP) is 2.27. The summed E-state index contributed by atoms with van der Waals surface area (Å²) in [5.74, 6) is 0.487. The molecular formula is C13H18N2O2. The van der Waals surface area contributed by atoms with Crippen LogP contribution in [-0.2, 0) is 4.74 Å². The lowest BCUT2D eigenvalue weighted by Crippen LogP contribution is -2.10. The summed E-state index contributed by atoms with van der Waals surface area (Å²) >= 11 is 0. The molecule has 0 unspecified atom stereocenters. The van der Waals surface area contributed by atoms with E-state index in [4.69, 9.17) is 5.73 Å². The molecule has 0 radical (unpaired) electrons. The molecule has 0 spiro atoms. The van der Waals surface area contributed by atoms with Crippen LogP contribution in [0.2, 0.25) is 0 Å². The largest absolute Gasteiger partial charge is 0.465 e. The van der Waals surface area contributed by atoms with Gasteiger partial charge in [-0.1, -0.05) is 18.9 Å². The van der Waals surface area contributed by atoms with Crippen molar-refractivity contribution in [3.05, 3.63) is 23.8 Å². The molecule has 0 bridgehead atoms. The second kappa shape index (κ2) is 5.08. The number of nitrogens with two attached hydrogens (primary N) is 1. The van der Waals surface area contributed by atoms with Crippen molar-refractivity contribution in [2.75, 3.05) is 24.7 Å². The minimum absolute atomic E-state index is 0.395. The Balaban J connectivity index is 2.02. The number of nitrogens with one attached hydrogen (secondary N) is 1. The summed E-state index contributed by atoms with van der Waals surface area (Å²) in [5.41, 5.74) is 7.63. The van der Waals surface area contributed by atoms with Gasteiger partial charge in [0.15, 0.2) is 0 Å². The average Bonchev–Trinajstić information content (AvgIpc) is 3.14. The van der Waals surface area contributed by atoms with Gasteiger partial charge in [-0.3, -0.25) is 0 Å². The van der Waals surface area contributed by atoms with Gasteiger partial charge in [-0.25, -0.2) is 4.79 Å². The number of nitrogen functional groups attached to an aromatic ring is 1. The number of hydrogen-bond donors (Lipinski definition) is 2. The molecule has 0 atom stereocenters. The zero-order chi connectivity index (χ0) is 12.3. The van der Waals surface area contributed by atoms with E-state index in [-0.39, 0.29) is 0 Å². The van der Waals surface area contributed by atoms with Crippen molar-refractivity contribution in [3.8, 4) is 0 Å². The Kier molecular flexibility index (Phi) is 3.52. The molecule has 17 heavy (non-hydrogen) atoms. The summed E-state index contributed by atoms with van der Waals surface area (Å²) in [5, 5.41) is 3.27. The van der Waals surface area contributed by atoms with E-state index < -0.39 is 5.97 Å². The summed E-state index contributed by atoms with van der Waals surface area (Å²) in [7, 11) is 1.36. The maximum Gasteiger partial charge on any atom is 0.340 e. The van der Waals surface area contributed by atoms with Crippen molar-refractivity contribution in [1.29, 1.82) is 0 Å². The average molecular weight is 234 g/mol. The molecule has 0 amide bonds. The number of ether oxygens (including phenoxy) is 1. The first-order chi connectivity index (χ1) is 8.22. The number of para-hydroxylation sites is 1. The summed E-state index contributed by atoms with van der Waals surface area (Å²) in [6.45, 7) is 0.902. The lowest BCUT2D eigenvalue weighted by molar-refractivity contribution is 0.0602. The van der Waals surface area contributed by atoms with Gasteiger partial charge in [0, 0.05) is 6.54 Å². The van der Waals surface area contributed by atoms with Crippen LogP contribution in [-0.4, -0.2) is 19.6 Å². The van der Waals surface area contributed by atoms with Gasteiger partial charge >= 0.3 is 5.97 Å². The fourth-order valence-electron chi connectivity index (χ4n) is 1.82. The third kappa shape index (κ3) is 2.90. The van der Waals surface area contributed by atoms with E-state index in [0.717, 1.165) is 18.2 Å². The molecule has 1 fully saturated rings. The molecule has 0 aliphatic heterocycles. The number of hydrogen-bond acceptors (Lipinski definition) is 4. The third-order valence-corrected chi connectivity index (χ3v) is 3.08. The number of rotatable bonds is 5. The van der Waals surface area contributed by atoms with Crippen LogP contribution in [0.15, 0.2) is 18.2 Å². The number of methoxy groups -OCH3 is 1. The van der Waals surface area contributed by atoms with Crippen LogP contribution in [0, 0.1) is 5.92 Å². The molecule has 1 aromatic carbocycles. The number of carbonyl (C=O) groups excluding carboxylic acids is 1. The Morgan fingerprint density at radius 2 is 2.29 bits per heavy atom. The fourth-order valence-corrected chi connectivity index (χ4v) is 1.82. The lowest BCUT2D eigenvalue weighted by Gasteiger charge is -2.11. The van der Waals surface area contributed by atoms with E-state index in [0.29, 0.717) is 11.3 Å². The molecule has 0 heterocycles. The zero-order valence-corrected chi connectivity index (χ0v) is 10.0. The molecular weight excluding hydrogens is 216 g/mol. The van der Waals surface area contributed by atoms with E-state index in [1.807, 2.05) is 12.1 Å². The number of carbonyl (C=O) groups is 1. The summed E-state index contributed by atoms with van der Waals surface area (Å²) in [6, 6.07) is 5.37. The van der Waals surface area contributed by atoms with Crippen LogP contribution in [0.3, 0.4) is 0 Å². The molecule has 1 saturated carbocycles. The first-order valence-electron chi connectivity index (χ1n) is 5.93. The van der Waals surface area contributed by atoms with Crippen LogP contribution in [0.25, 0.3) is 0 Å². The monoisotopic (exact) mass is 234 g/mol. The quantitative estimate of drug-likeness (QED) is 0.606. The molecule has 1 aliphatic carbocycles. The first kappa shape index (κ1) is 11.8. The van der Waals surface area contributed by atoms with Gasteiger partial charge in [0.05, 0.1) is 24.0 Å². The Morgan fingerprint density at radius 1 is 1.53 bits per heavy atom. The van der Waals surface area contributed by atoms with Gasteiger partial charge in [0.1, 0.15) is 0 Å². The van der Waals surface area contributed by atoms with Crippen LogP contribution < -0.4 is 11.1 Å². The normalized spacial score (nSPS) is 14.4. The molecule has 4 heteroatoms. The van der Waals surface area contributed by atoms with Crippen LogP contribution >= 0.6 is 0 Å². The fraction of sp³-hybridized carbons (Fsp3) is 0.462.